The summed E-state index contributed by atoms with van der Waals surface area (Å²) in [6.07, 6.45) is -1.57. The number of hydrogen-bond donors (Lipinski definition) is 1. The summed E-state index contributed by atoms with van der Waals surface area (Å²) in [5.74, 6) is 0. The second kappa shape index (κ2) is 3.51. The molecule has 1 aromatic heterocycles. The van der Waals surface area contributed by atoms with Gasteiger partial charge in [-0.25, -0.2) is 0 Å². The van der Waals surface area contributed by atoms with Crippen molar-refractivity contribution >= 4 is 5.69 Å². The molecule has 16 heavy (non-hydrogen) atoms. The zero-order chi connectivity index (χ0) is 11.8. The lowest BCUT2D eigenvalue weighted by Crippen LogP contribution is -2.08. The van der Waals surface area contributed by atoms with E-state index in [1.807, 2.05) is 0 Å². The van der Waals surface area contributed by atoms with Gasteiger partial charge in [0, 0.05) is 0 Å². The van der Waals surface area contributed by atoms with Crippen LogP contribution in [-0.2, 0) is 6.18 Å². The summed E-state index contributed by atoms with van der Waals surface area (Å²) in [5.41, 5.74) is 5.01. The summed E-state index contributed by atoms with van der Waals surface area (Å²) in [4.78, 5) is 1.16. The molecule has 0 aliphatic carbocycles. The Hall–Kier alpha value is -2.05. The van der Waals surface area contributed by atoms with E-state index in [1.54, 1.807) is 0 Å². The summed E-state index contributed by atoms with van der Waals surface area (Å²) in [6, 6.07) is 3.03. The predicted molar refractivity (Wildman–Crippen MR) is 50.8 cm³/mol. The summed E-state index contributed by atoms with van der Waals surface area (Å²) in [6.45, 7) is 0. The molecular formula is C9H7F3N4. The Morgan fingerprint density at radius 1 is 1.12 bits per heavy atom. The molecule has 1 heterocycles. The Labute approximate surface area is 88.5 Å². The molecule has 2 N–H and O–H groups in total. The number of rotatable bonds is 1. The topological polar surface area (TPSA) is 56.7 Å². The molecule has 0 fully saturated rings. The summed E-state index contributed by atoms with van der Waals surface area (Å²) < 4.78 is 37.0. The molecule has 0 atom stereocenters. The largest absolute Gasteiger partial charge is 0.416 e. The molecule has 0 saturated carbocycles. The first kappa shape index (κ1) is 10.5. The van der Waals surface area contributed by atoms with Crippen LogP contribution in [0.4, 0.5) is 18.9 Å². The maximum Gasteiger partial charge on any atom is 0.416 e. The van der Waals surface area contributed by atoms with Gasteiger partial charge in [-0.2, -0.15) is 23.4 Å². The van der Waals surface area contributed by atoms with Crippen LogP contribution in [0.15, 0.2) is 30.6 Å². The Balaban J connectivity index is 2.46. The van der Waals surface area contributed by atoms with Crippen LogP contribution in [0.1, 0.15) is 5.56 Å². The van der Waals surface area contributed by atoms with Gasteiger partial charge in [0.2, 0.25) is 0 Å². The minimum absolute atomic E-state index is 0.0222. The standard InChI is InChI=1S/C9H7F3N4/c10-9(11,12)6-1-2-8(7(13)5-6)16-14-3-4-15-16/h1-5H,13H2. The Kier molecular flexibility index (Phi) is 2.30. The second-order valence-electron chi connectivity index (χ2n) is 3.09. The lowest BCUT2D eigenvalue weighted by atomic mass is 10.1. The van der Waals surface area contributed by atoms with Crippen molar-refractivity contribution in [2.75, 3.05) is 5.73 Å². The third-order valence-electron chi connectivity index (χ3n) is 1.99. The second-order valence-corrected chi connectivity index (χ2v) is 3.09. The normalized spacial score (nSPS) is 11.7. The van der Waals surface area contributed by atoms with Crippen LogP contribution >= 0.6 is 0 Å². The summed E-state index contributed by atoms with van der Waals surface area (Å²) in [5, 5.41) is 7.57. The molecule has 84 valence electrons. The number of alkyl halides is 3. The zero-order valence-electron chi connectivity index (χ0n) is 7.94. The van der Waals surface area contributed by atoms with Gasteiger partial charge in [0.25, 0.3) is 0 Å². The number of aromatic nitrogens is 3. The van der Waals surface area contributed by atoms with Crippen LogP contribution in [-0.4, -0.2) is 15.0 Å². The smallest absolute Gasteiger partial charge is 0.397 e. The van der Waals surface area contributed by atoms with E-state index in [-0.39, 0.29) is 5.69 Å². The van der Waals surface area contributed by atoms with E-state index in [9.17, 15) is 13.2 Å². The first-order valence-corrected chi connectivity index (χ1v) is 4.32. The minimum Gasteiger partial charge on any atom is -0.397 e. The number of anilines is 1. The van der Waals surface area contributed by atoms with Gasteiger partial charge in [-0.15, -0.1) is 4.80 Å². The van der Waals surface area contributed by atoms with Crippen LogP contribution in [0, 0.1) is 0 Å². The molecule has 0 unspecified atom stereocenters. The van der Waals surface area contributed by atoms with Crippen molar-refractivity contribution < 1.29 is 13.2 Å². The Morgan fingerprint density at radius 2 is 1.75 bits per heavy atom. The zero-order valence-corrected chi connectivity index (χ0v) is 7.94. The number of nitrogen functional groups attached to an aromatic ring is 1. The molecule has 0 saturated heterocycles. The van der Waals surface area contributed by atoms with Gasteiger partial charge in [0.05, 0.1) is 23.6 Å². The highest BCUT2D eigenvalue weighted by molar-refractivity contribution is 5.58. The van der Waals surface area contributed by atoms with Gasteiger partial charge in [0.1, 0.15) is 5.69 Å². The molecule has 2 aromatic rings. The Bertz CT molecular complexity index is 490. The highest BCUT2D eigenvalue weighted by atomic mass is 19.4. The quantitative estimate of drug-likeness (QED) is 0.758. The first-order chi connectivity index (χ1) is 7.48. The monoisotopic (exact) mass is 228 g/mol. The number of nitrogens with two attached hydrogens (primary N) is 1. The van der Waals surface area contributed by atoms with Crippen LogP contribution in [0.5, 0.6) is 0 Å². The maximum absolute atomic E-state index is 12.3. The van der Waals surface area contributed by atoms with Crippen molar-refractivity contribution in [1.29, 1.82) is 0 Å². The SMILES string of the molecule is Nc1cc(C(F)(F)F)ccc1-n1nccn1. The van der Waals surface area contributed by atoms with Gasteiger partial charge in [-0.1, -0.05) is 0 Å². The van der Waals surface area contributed by atoms with E-state index in [2.05, 4.69) is 10.2 Å². The summed E-state index contributed by atoms with van der Waals surface area (Å²) >= 11 is 0. The van der Waals surface area contributed by atoms with Crippen molar-refractivity contribution in [3.05, 3.63) is 36.2 Å². The molecule has 2 rings (SSSR count). The molecule has 0 radical (unpaired) electrons. The van der Waals surface area contributed by atoms with E-state index in [0.717, 1.165) is 16.9 Å². The molecule has 7 heteroatoms. The highest BCUT2D eigenvalue weighted by Crippen LogP contribution is 2.31. The van der Waals surface area contributed by atoms with Crippen LogP contribution in [0.2, 0.25) is 0 Å². The fourth-order valence-corrected chi connectivity index (χ4v) is 1.25. The molecule has 0 bridgehead atoms. The van der Waals surface area contributed by atoms with Gasteiger partial charge < -0.3 is 5.73 Å². The van der Waals surface area contributed by atoms with Gasteiger partial charge in [-0.05, 0) is 18.2 Å². The fourth-order valence-electron chi connectivity index (χ4n) is 1.25. The first-order valence-electron chi connectivity index (χ1n) is 4.32. The summed E-state index contributed by atoms with van der Waals surface area (Å²) in [7, 11) is 0. The lowest BCUT2D eigenvalue weighted by molar-refractivity contribution is -0.137. The molecule has 0 aliphatic rings. The maximum atomic E-state index is 12.3. The lowest BCUT2D eigenvalue weighted by Gasteiger charge is -2.09. The minimum atomic E-state index is -4.40. The van der Waals surface area contributed by atoms with Gasteiger partial charge >= 0.3 is 6.18 Å². The van der Waals surface area contributed by atoms with E-state index >= 15 is 0 Å². The van der Waals surface area contributed by atoms with Crippen molar-refractivity contribution in [3.63, 3.8) is 0 Å². The fraction of sp³-hybridized carbons (Fsp3) is 0.111. The molecule has 0 spiro atoms. The predicted octanol–water partition coefficient (Wildman–Crippen LogP) is 1.87. The van der Waals surface area contributed by atoms with Gasteiger partial charge in [-0.3, -0.25) is 0 Å². The van der Waals surface area contributed by atoms with Crippen LogP contribution < -0.4 is 5.73 Å². The third kappa shape index (κ3) is 1.83. The van der Waals surface area contributed by atoms with Crippen molar-refractivity contribution in [3.8, 4) is 5.69 Å². The average molecular weight is 228 g/mol. The van der Waals surface area contributed by atoms with E-state index in [1.165, 1.54) is 18.5 Å². The number of halogens is 3. The van der Waals surface area contributed by atoms with Crippen LogP contribution in [0.25, 0.3) is 5.69 Å². The van der Waals surface area contributed by atoms with Crippen LogP contribution in [0.3, 0.4) is 0 Å². The van der Waals surface area contributed by atoms with Crippen molar-refractivity contribution in [2.24, 2.45) is 0 Å². The highest BCUT2D eigenvalue weighted by Gasteiger charge is 2.30. The van der Waals surface area contributed by atoms with Gasteiger partial charge in [0.15, 0.2) is 0 Å². The number of nitrogens with zero attached hydrogens (tertiary/aromatic N) is 3. The molecular weight excluding hydrogens is 221 g/mol. The molecule has 4 nitrogen and oxygen atoms in total. The average Bonchev–Trinajstić information content (AvgIpc) is 2.69. The van der Waals surface area contributed by atoms with Crippen molar-refractivity contribution in [2.45, 2.75) is 6.18 Å². The molecule has 0 amide bonds. The van der Waals surface area contributed by atoms with E-state index in [0.29, 0.717) is 5.69 Å². The van der Waals surface area contributed by atoms with E-state index in [4.69, 9.17) is 5.73 Å². The Morgan fingerprint density at radius 3 is 2.25 bits per heavy atom. The number of benzene rings is 1. The molecule has 1 aromatic carbocycles. The molecule has 0 aliphatic heterocycles. The van der Waals surface area contributed by atoms with E-state index < -0.39 is 11.7 Å². The third-order valence-corrected chi connectivity index (χ3v) is 1.99. The number of hydrogen-bond acceptors (Lipinski definition) is 3. The van der Waals surface area contributed by atoms with Crippen molar-refractivity contribution in [1.82, 2.24) is 15.0 Å².